The van der Waals surface area contributed by atoms with Crippen LogP contribution in [0.4, 0.5) is 0 Å². The van der Waals surface area contributed by atoms with Crippen LogP contribution in [-0.2, 0) is 6.42 Å². The zero-order valence-corrected chi connectivity index (χ0v) is 12.8. The molecule has 5 nitrogen and oxygen atoms in total. The van der Waals surface area contributed by atoms with E-state index in [2.05, 4.69) is 29.5 Å². The van der Waals surface area contributed by atoms with Crippen LogP contribution in [0.15, 0.2) is 23.2 Å². The lowest BCUT2D eigenvalue weighted by molar-refractivity contribution is 0.354. The van der Waals surface area contributed by atoms with E-state index in [1.165, 1.54) is 5.56 Å². The molecule has 0 fully saturated rings. The average Bonchev–Trinajstić information content (AvgIpc) is 2.47. The number of benzene rings is 1. The molecule has 0 unspecified atom stereocenters. The van der Waals surface area contributed by atoms with Gasteiger partial charge in [0.1, 0.15) is 0 Å². The van der Waals surface area contributed by atoms with Gasteiger partial charge in [-0.15, -0.1) is 0 Å². The van der Waals surface area contributed by atoms with Crippen molar-refractivity contribution in [2.24, 2.45) is 4.99 Å². The third-order valence-electron chi connectivity index (χ3n) is 2.81. The zero-order chi connectivity index (χ0) is 14.8. The Morgan fingerprint density at radius 1 is 1.05 bits per heavy atom. The number of methoxy groups -OCH3 is 2. The topological polar surface area (TPSA) is 54.9 Å². The number of hydrogen-bond acceptors (Lipinski definition) is 3. The van der Waals surface area contributed by atoms with Gasteiger partial charge in [0.05, 0.1) is 14.2 Å². The second-order valence-electron chi connectivity index (χ2n) is 4.23. The number of nitrogens with one attached hydrogen (secondary N) is 2. The monoisotopic (exact) mass is 279 g/mol. The van der Waals surface area contributed by atoms with Crippen LogP contribution in [0.5, 0.6) is 11.5 Å². The van der Waals surface area contributed by atoms with E-state index < -0.39 is 0 Å². The van der Waals surface area contributed by atoms with Crippen molar-refractivity contribution in [3.8, 4) is 11.5 Å². The van der Waals surface area contributed by atoms with Crippen LogP contribution in [0, 0.1) is 0 Å². The SMILES string of the molecule is CCNC(=NCCc1ccc(OC)c(OC)c1)NCC. The normalized spacial score (nSPS) is 9.80. The molecule has 0 amide bonds. The van der Waals surface area contributed by atoms with Gasteiger partial charge in [-0.05, 0) is 38.0 Å². The molecule has 0 aromatic heterocycles. The van der Waals surface area contributed by atoms with E-state index in [-0.39, 0.29) is 0 Å². The molecule has 1 aromatic rings. The van der Waals surface area contributed by atoms with E-state index >= 15 is 0 Å². The molecular weight excluding hydrogens is 254 g/mol. The first-order valence-corrected chi connectivity index (χ1v) is 6.98. The molecule has 2 N–H and O–H groups in total. The molecule has 1 aromatic carbocycles. The van der Waals surface area contributed by atoms with Crippen molar-refractivity contribution in [2.75, 3.05) is 33.9 Å². The number of nitrogens with zero attached hydrogens (tertiary/aromatic N) is 1. The van der Waals surface area contributed by atoms with Gasteiger partial charge in [-0.25, -0.2) is 0 Å². The fourth-order valence-electron chi connectivity index (χ4n) is 1.84. The van der Waals surface area contributed by atoms with Gasteiger partial charge in [-0.3, -0.25) is 4.99 Å². The second kappa shape index (κ2) is 9.07. The Labute approximate surface area is 121 Å². The second-order valence-corrected chi connectivity index (χ2v) is 4.23. The fourth-order valence-corrected chi connectivity index (χ4v) is 1.84. The van der Waals surface area contributed by atoms with Gasteiger partial charge < -0.3 is 20.1 Å². The molecule has 0 bridgehead atoms. The summed E-state index contributed by atoms with van der Waals surface area (Å²) >= 11 is 0. The van der Waals surface area contributed by atoms with E-state index in [4.69, 9.17) is 9.47 Å². The maximum absolute atomic E-state index is 5.30. The Hall–Kier alpha value is -1.91. The molecule has 20 heavy (non-hydrogen) atoms. The molecule has 0 aliphatic carbocycles. The van der Waals surface area contributed by atoms with Crippen molar-refractivity contribution in [3.63, 3.8) is 0 Å². The number of aliphatic imine (C=N–C) groups is 1. The lowest BCUT2D eigenvalue weighted by Gasteiger charge is -2.10. The van der Waals surface area contributed by atoms with Gasteiger partial charge in [0.2, 0.25) is 0 Å². The summed E-state index contributed by atoms with van der Waals surface area (Å²) in [5.74, 6) is 2.36. The summed E-state index contributed by atoms with van der Waals surface area (Å²) < 4.78 is 10.5. The van der Waals surface area contributed by atoms with E-state index in [1.54, 1.807) is 14.2 Å². The highest BCUT2D eigenvalue weighted by atomic mass is 16.5. The first kappa shape index (κ1) is 16.1. The first-order chi connectivity index (χ1) is 9.74. The van der Waals surface area contributed by atoms with Crippen molar-refractivity contribution in [1.82, 2.24) is 10.6 Å². The van der Waals surface area contributed by atoms with Crippen molar-refractivity contribution in [2.45, 2.75) is 20.3 Å². The molecule has 0 spiro atoms. The quantitative estimate of drug-likeness (QED) is 0.590. The lowest BCUT2D eigenvalue weighted by Crippen LogP contribution is -2.37. The van der Waals surface area contributed by atoms with Gasteiger partial charge in [-0.2, -0.15) is 0 Å². The number of ether oxygens (including phenoxy) is 2. The molecule has 0 radical (unpaired) electrons. The number of guanidine groups is 1. The van der Waals surface area contributed by atoms with Crippen molar-refractivity contribution in [3.05, 3.63) is 23.8 Å². The first-order valence-electron chi connectivity index (χ1n) is 6.98. The Kier molecular flexibility index (Phi) is 7.32. The van der Waals surface area contributed by atoms with E-state index in [0.717, 1.165) is 43.5 Å². The summed E-state index contributed by atoms with van der Waals surface area (Å²) in [7, 11) is 3.29. The van der Waals surface area contributed by atoms with Gasteiger partial charge in [-0.1, -0.05) is 6.07 Å². The zero-order valence-electron chi connectivity index (χ0n) is 12.8. The van der Waals surface area contributed by atoms with E-state index in [0.29, 0.717) is 0 Å². The fraction of sp³-hybridized carbons (Fsp3) is 0.533. The molecular formula is C15H25N3O2. The van der Waals surface area contributed by atoms with Crippen LogP contribution in [0.1, 0.15) is 19.4 Å². The maximum Gasteiger partial charge on any atom is 0.191 e. The van der Waals surface area contributed by atoms with Crippen molar-refractivity contribution >= 4 is 5.96 Å². The molecule has 0 saturated carbocycles. The molecule has 112 valence electrons. The van der Waals surface area contributed by atoms with Crippen LogP contribution in [0.25, 0.3) is 0 Å². The summed E-state index contributed by atoms with van der Waals surface area (Å²) in [6.45, 7) is 6.57. The Bertz CT molecular complexity index is 425. The predicted molar refractivity (Wildman–Crippen MR) is 82.9 cm³/mol. The largest absolute Gasteiger partial charge is 0.493 e. The van der Waals surface area contributed by atoms with Gasteiger partial charge in [0.25, 0.3) is 0 Å². The van der Waals surface area contributed by atoms with Crippen LogP contribution in [-0.4, -0.2) is 39.8 Å². The van der Waals surface area contributed by atoms with Crippen molar-refractivity contribution in [1.29, 1.82) is 0 Å². The van der Waals surface area contributed by atoms with E-state index in [1.807, 2.05) is 18.2 Å². The molecule has 0 saturated heterocycles. The van der Waals surface area contributed by atoms with Crippen LogP contribution >= 0.6 is 0 Å². The van der Waals surface area contributed by atoms with Crippen LogP contribution < -0.4 is 20.1 Å². The minimum Gasteiger partial charge on any atom is -0.493 e. The summed E-state index contributed by atoms with van der Waals surface area (Å²) in [5, 5.41) is 6.41. The number of hydrogen-bond donors (Lipinski definition) is 2. The molecule has 0 aliphatic rings. The lowest BCUT2D eigenvalue weighted by atomic mass is 10.1. The Balaban J connectivity index is 2.62. The third kappa shape index (κ3) is 4.99. The Morgan fingerprint density at radius 3 is 2.25 bits per heavy atom. The summed E-state index contributed by atoms with van der Waals surface area (Å²) in [6, 6.07) is 5.96. The number of rotatable bonds is 7. The smallest absolute Gasteiger partial charge is 0.191 e. The van der Waals surface area contributed by atoms with Crippen LogP contribution in [0.3, 0.4) is 0 Å². The standard InChI is InChI=1S/C15H25N3O2/c1-5-16-15(17-6-2)18-10-9-12-7-8-13(19-3)14(11-12)20-4/h7-8,11H,5-6,9-10H2,1-4H3,(H2,16,17,18). The highest BCUT2D eigenvalue weighted by Crippen LogP contribution is 2.27. The molecule has 0 heterocycles. The average molecular weight is 279 g/mol. The van der Waals surface area contributed by atoms with Gasteiger partial charge in [0.15, 0.2) is 17.5 Å². The Morgan fingerprint density at radius 2 is 1.70 bits per heavy atom. The molecule has 0 aliphatic heterocycles. The molecule has 0 atom stereocenters. The summed E-state index contributed by atoms with van der Waals surface area (Å²) in [6.07, 6.45) is 0.862. The summed E-state index contributed by atoms with van der Waals surface area (Å²) in [5.41, 5.74) is 1.18. The molecule has 1 rings (SSSR count). The minimum absolute atomic E-state index is 0.727. The van der Waals surface area contributed by atoms with Gasteiger partial charge in [0, 0.05) is 19.6 Å². The van der Waals surface area contributed by atoms with Gasteiger partial charge >= 0.3 is 0 Å². The summed E-state index contributed by atoms with van der Waals surface area (Å²) in [4.78, 5) is 4.52. The highest BCUT2D eigenvalue weighted by molar-refractivity contribution is 5.79. The molecule has 5 heteroatoms. The van der Waals surface area contributed by atoms with E-state index in [9.17, 15) is 0 Å². The predicted octanol–water partition coefficient (Wildman–Crippen LogP) is 1.82. The van der Waals surface area contributed by atoms with Crippen molar-refractivity contribution < 1.29 is 9.47 Å². The van der Waals surface area contributed by atoms with Crippen LogP contribution in [0.2, 0.25) is 0 Å². The highest BCUT2D eigenvalue weighted by Gasteiger charge is 2.04. The maximum atomic E-state index is 5.30. The third-order valence-corrected chi connectivity index (χ3v) is 2.81. The minimum atomic E-state index is 0.727.